The molecule has 0 spiro atoms. The molecule has 28 heavy (non-hydrogen) atoms. The van der Waals surface area contributed by atoms with Crippen LogP contribution in [-0.4, -0.2) is 26.5 Å². The van der Waals surface area contributed by atoms with E-state index in [2.05, 4.69) is 25.6 Å². The van der Waals surface area contributed by atoms with Crippen molar-refractivity contribution in [3.8, 4) is 22.5 Å². The number of fused-ring (bicyclic) bond motifs is 3. The van der Waals surface area contributed by atoms with E-state index in [0.29, 0.717) is 10.9 Å². The summed E-state index contributed by atoms with van der Waals surface area (Å²) in [7, 11) is 0. The summed E-state index contributed by atoms with van der Waals surface area (Å²) in [4.78, 5) is 15.8. The number of nitrogens with one attached hydrogen (secondary N) is 3. The minimum Gasteiger partial charge on any atom is -0.321 e. The second-order valence-electron chi connectivity index (χ2n) is 6.42. The van der Waals surface area contributed by atoms with Gasteiger partial charge in [0.05, 0.1) is 28.7 Å². The van der Waals surface area contributed by atoms with Crippen molar-refractivity contribution in [2.45, 2.75) is 11.3 Å². The molecule has 0 bridgehead atoms. The zero-order valence-corrected chi connectivity index (χ0v) is 15.8. The van der Waals surface area contributed by atoms with Crippen LogP contribution in [0.4, 0.5) is 5.69 Å². The Kier molecular flexibility index (Phi) is 3.98. The Hall–Kier alpha value is -3.39. The van der Waals surface area contributed by atoms with E-state index in [9.17, 15) is 4.79 Å². The number of para-hydroxylation sites is 1. The summed E-state index contributed by atoms with van der Waals surface area (Å²) in [6, 6.07) is 17.8. The first kappa shape index (κ1) is 16.8. The minimum atomic E-state index is -0.368. The van der Waals surface area contributed by atoms with Gasteiger partial charge in [-0.3, -0.25) is 14.9 Å². The van der Waals surface area contributed by atoms with Crippen LogP contribution in [0.3, 0.4) is 0 Å². The average molecular weight is 389 g/mol. The normalized spacial score (nSPS) is 14.8. The SMILES string of the molecule is CSc1n[n+]2c(c(=O)[nH]1)-c1ccccc1N[C@@H]2c1cn[nH]c1-c1ccccc1. The fourth-order valence-electron chi connectivity index (χ4n) is 3.53. The van der Waals surface area contributed by atoms with Gasteiger partial charge in [0, 0.05) is 10.7 Å². The standard InChI is InChI=1S/C20H16N6OS/c1-28-20-23-19(27)17-13-9-5-6-10-15(13)22-18(26(17)25-20)14-11-21-24-16(14)12-7-3-2-4-8-12/h2-11,18H,1H3,(H2,21,23,24,25,27)/p+1/t18-/m0/s1. The van der Waals surface area contributed by atoms with Gasteiger partial charge in [0.2, 0.25) is 5.16 Å². The topological polar surface area (TPSA) is 90.3 Å². The summed E-state index contributed by atoms with van der Waals surface area (Å²) in [6.45, 7) is 0. The van der Waals surface area contributed by atoms with Crippen LogP contribution in [0.1, 0.15) is 11.7 Å². The number of rotatable bonds is 3. The molecule has 1 atom stereocenters. The summed E-state index contributed by atoms with van der Waals surface area (Å²) in [5.74, 6) is 0. The van der Waals surface area contributed by atoms with Crippen LogP contribution in [-0.2, 0) is 0 Å². The van der Waals surface area contributed by atoms with E-state index in [0.717, 1.165) is 28.1 Å². The smallest absolute Gasteiger partial charge is 0.321 e. The highest BCUT2D eigenvalue weighted by molar-refractivity contribution is 7.98. The largest absolute Gasteiger partial charge is 0.325 e. The molecule has 138 valence electrons. The molecule has 1 aliphatic heterocycles. The number of aromatic nitrogens is 5. The van der Waals surface area contributed by atoms with Gasteiger partial charge in [-0.05, 0) is 23.1 Å². The molecule has 0 amide bonds. The Bertz CT molecular complexity index is 1220. The van der Waals surface area contributed by atoms with Gasteiger partial charge in [0.15, 0.2) is 0 Å². The van der Waals surface area contributed by atoms with Crippen molar-refractivity contribution < 1.29 is 4.68 Å². The molecule has 0 aliphatic carbocycles. The molecule has 2 aromatic heterocycles. The van der Waals surface area contributed by atoms with Gasteiger partial charge in [0.1, 0.15) is 0 Å². The summed E-state index contributed by atoms with van der Waals surface area (Å²) in [5.41, 5.74) is 4.90. The first-order valence-electron chi connectivity index (χ1n) is 8.81. The van der Waals surface area contributed by atoms with Crippen molar-refractivity contribution in [2.75, 3.05) is 11.6 Å². The van der Waals surface area contributed by atoms with Crippen LogP contribution in [0.5, 0.6) is 0 Å². The van der Waals surface area contributed by atoms with Crippen LogP contribution in [0.25, 0.3) is 22.5 Å². The van der Waals surface area contributed by atoms with Crippen molar-refractivity contribution >= 4 is 17.4 Å². The van der Waals surface area contributed by atoms with E-state index in [1.54, 1.807) is 10.9 Å². The molecule has 3 heterocycles. The van der Waals surface area contributed by atoms with Crippen molar-refractivity contribution in [1.29, 1.82) is 0 Å². The molecule has 5 rings (SSSR count). The lowest BCUT2D eigenvalue weighted by Gasteiger charge is -2.22. The van der Waals surface area contributed by atoms with Gasteiger partial charge in [-0.15, -0.1) is 0 Å². The lowest BCUT2D eigenvalue weighted by molar-refractivity contribution is -0.759. The quantitative estimate of drug-likeness (QED) is 0.370. The van der Waals surface area contributed by atoms with Crippen molar-refractivity contribution in [2.24, 2.45) is 0 Å². The third-order valence-electron chi connectivity index (χ3n) is 4.80. The lowest BCUT2D eigenvalue weighted by Crippen LogP contribution is -2.55. The van der Waals surface area contributed by atoms with E-state index in [-0.39, 0.29) is 11.7 Å². The number of nitrogens with zero attached hydrogens (tertiary/aromatic N) is 3. The summed E-state index contributed by atoms with van der Waals surface area (Å²) >= 11 is 1.40. The minimum absolute atomic E-state index is 0.164. The summed E-state index contributed by atoms with van der Waals surface area (Å²) < 4.78 is 1.75. The molecular weight excluding hydrogens is 372 g/mol. The van der Waals surface area contributed by atoms with E-state index in [4.69, 9.17) is 0 Å². The zero-order chi connectivity index (χ0) is 19.1. The van der Waals surface area contributed by atoms with Crippen LogP contribution in [0.15, 0.2) is 70.7 Å². The predicted octanol–water partition coefficient (Wildman–Crippen LogP) is 2.81. The van der Waals surface area contributed by atoms with Gasteiger partial charge < -0.3 is 5.32 Å². The zero-order valence-electron chi connectivity index (χ0n) is 15.0. The van der Waals surface area contributed by atoms with Crippen LogP contribution in [0.2, 0.25) is 0 Å². The Labute approximate surface area is 164 Å². The molecule has 7 nitrogen and oxygen atoms in total. The number of hydrogen-bond acceptors (Lipinski definition) is 5. The number of H-pyrrole nitrogens is 2. The molecule has 1 aliphatic rings. The second-order valence-corrected chi connectivity index (χ2v) is 7.21. The number of thioether (sulfide) groups is 1. The second kappa shape index (κ2) is 6.65. The third-order valence-corrected chi connectivity index (χ3v) is 5.37. The molecule has 0 unspecified atom stereocenters. The maximum atomic E-state index is 12.9. The van der Waals surface area contributed by atoms with Crippen molar-refractivity contribution in [3.05, 3.63) is 76.7 Å². The highest BCUT2D eigenvalue weighted by Gasteiger charge is 2.39. The Morgan fingerprint density at radius 2 is 1.86 bits per heavy atom. The monoisotopic (exact) mass is 389 g/mol. The van der Waals surface area contributed by atoms with Gasteiger partial charge in [-0.25, -0.2) is 0 Å². The van der Waals surface area contributed by atoms with Gasteiger partial charge in [-0.1, -0.05) is 54.2 Å². The van der Waals surface area contributed by atoms with E-state index in [1.807, 2.05) is 60.9 Å². The van der Waals surface area contributed by atoms with E-state index < -0.39 is 0 Å². The molecule has 0 radical (unpaired) electrons. The Balaban J connectivity index is 1.75. The fourth-order valence-corrected chi connectivity index (χ4v) is 3.89. The lowest BCUT2D eigenvalue weighted by atomic mass is 10.0. The van der Waals surface area contributed by atoms with Gasteiger partial charge in [0.25, 0.3) is 6.17 Å². The number of benzene rings is 2. The molecule has 3 N–H and O–H groups in total. The number of hydrogen-bond donors (Lipinski definition) is 3. The predicted molar refractivity (Wildman–Crippen MR) is 108 cm³/mol. The molecular formula is C20H17N6OS+. The van der Waals surface area contributed by atoms with E-state index in [1.165, 1.54) is 11.8 Å². The molecule has 0 saturated heterocycles. The maximum absolute atomic E-state index is 12.9. The third kappa shape index (κ3) is 2.61. The summed E-state index contributed by atoms with van der Waals surface area (Å²) in [6.07, 6.45) is 3.30. The highest BCUT2D eigenvalue weighted by Crippen LogP contribution is 2.34. The molecule has 2 aromatic carbocycles. The Morgan fingerprint density at radius 1 is 1.07 bits per heavy atom. The number of anilines is 1. The molecule has 0 fully saturated rings. The first-order chi connectivity index (χ1) is 13.8. The molecule has 8 heteroatoms. The van der Waals surface area contributed by atoms with Crippen molar-refractivity contribution in [1.82, 2.24) is 20.3 Å². The molecule has 4 aromatic rings. The first-order valence-corrected chi connectivity index (χ1v) is 10.0. The average Bonchev–Trinajstić information content (AvgIpc) is 3.23. The van der Waals surface area contributed by atoms with E-state index >= 15 is 0 Å². The molecule has 0 saturated carbocycles. The fraction of sp³-hybridized carbons (Fsp3) is 0.100. The maximum Gasteiger partial charge on any atom is 0.325 e. The van der Waals surface area contributed by atoms with Gasteiger partial charge >= 0.3 is 11.3 Å². The van der Waals surface area contributed by atoms with Gasteiger partial charge in [-0.2, -0.15) is 5.10 Å². The van der Waals surface area contributed by atoms with Crippen LogP contribution < -0.4 is 15.6 Å². The Morgan fingerprint density at radius 3 is 2.68 bits per heavy atom. The number of aromatic amines is 2. The summed E-state index contributed by atoms with van der Waals surface area (Å²) in [5, 5.41) is 16.1. The van der Waals surface area contributed by atoms with Crippen LogP contribution >= 0.6 is 11.8 Å². The van der Waals surface area contributed by atoms with Crippen molar-refractivity contribution in [3.63, 3.8) is 0 Å². The van der Waals surface area contributed by atoms with Crippen LogP contribution in [0, 0.1) is 0 Å². The highest BCUT2D eigenvalue weighted by atomic mass is 32.2.